The Hall–Kier alpha value is -1.03. The normalized spacial score (nSPS) is 15.7. The van der Waals surface area contributed by atoms with Gasteiger partial charge in [-0.25, -0.2) is 4.79 Å². The quantitative estimate of drug-likeness (QED) is 0.788. The first-order valence-electron chi connectivity index (χ1n) is 8.01. The first kappa shape index (κ1) is 16.3. The number of hydrogen-bond acceptors (Lipinski definition) is 1. The lowest BCUT2D eigenvalue weighted by molar-refractivity contribution is 0.239. The van der Waals surface area contributed by atoms with Crippen molar-refractivity contribution in [3.63, 3.8) is 0 Å². The Morgan fingerprint density at radius 1 is 1.10 bits per heavy atom. The summed E-state index contributed by atoms with van der Waals surface area (Å²) in [5, 5.41) is 5.89. The number of carbonyl (C=O) groups excluding carboxylic acids is 1. The number of nitrogens with one attached hydrogen (secondary N) is 2. The highest BCUT2D eigenvalue weighted by atomic mass is 79.9. The molecule has 1 aliphatic rings. The molecule has 1 aromatic rings. The van der Waals surface area contributed by atoms with Gasteiger partial charge in [-0.1, -0.05) is 66.2 Å². The molecule has 0 bridgehead atoms. The number of halogens is 1. The van der Waals surface area contributed by atoms with E-state index in [4.69, 9.17) is 0 Å². The zero-order valence-corrected chi connectivity index (χ0v) is 14.1. The third-order valence-electron chi connectivity index (χ3n) is 4.20. The molecular weight excluding hydrogens is 328 g/mol. The van der Waals surface area contributed by atoms with Crippen LogP contribution in [0, 0.1) is 5.92 Å². The van der Waals surface area contributed by atoms with E-state index < -0.39 is 0 Å². The van der Waals surface area contributed by atoms with Gasteiger partial charge in [-0.05, 0) is 30.4 Å². The first-order valence-corrected chi connectivity index (χ1v) is 8.80. The van der Waals surface area contributed by atoms with Crippen LogP contribution in [0.1, 0.15) is 44.1 Å². The summed E-state index contributed by atoms with van der Waals surface area (Å²) >= 11 is 3.52. The Bertz CT molecular complexity index is 444. The number of rotatable bonds is 6. The average molecular weight is 353 g/mol. The van der Waals surface area contributed by atoms with Crippen LogP contribution in [-0.4, -0.2) is 19.1 Å². The van der Waals surface area contributed by atoms with Gasteiger partial charge in [-0.15, -0.1) is 0 Å². The molecule has 0 heterocycles. The predicted octanol–water partition coefficient (Wildman–Crippen LogP) is 4.26. The minimum absolute atomic E-state index is 0.0436. The van der Waals surface area contributed by atoms with Gasteiger partial charge in [0.25, 0.3) is 0 Å². The van der Waals surface area contributed by atoms with Crippen LogP contribution in [0.5, 0.6) is 0 Å². The molecule has 0 saturated heterocycles. The maximum Gasteiger partial charge on any atom is 0.314 e. The fraction of sp³-hybridized carbons (Fsp3) is 0.588. The summed E-state index contributed by atoms with van der Waals surface area (Å²) in [5.41, 5.74) is 1.22. The lowest BCUT2D eigenvalue weighted by Gasteiger charge is -2.21. The number of carbonyl (C=O) groups is 1. The van der Waals surface area contributed by atoms with Crippen molar-refractivity contribution in [3.8, 4) is 0 Å². The molecule has 3 nitrogen and oxygen atoms in total. The number of amides is 2. The molecule has 0 radical (unpaired) electrons. The Balaban J connectivity index is 1.56. The van der Waals surface area contributed by atoms with Crippen LogP contribution in [0.25, 0.3) is 0 Å². The van der Waals surface area contributed by atoms with Gasteiger partial charge in [0.2, 0.25) is 0 Å². The van der Waals surface area contributed by atoms with Crippen LogP contribution in [0.2, 0.25) is 0 Å². The third-order valence-corrected chi connectivity index (χ3v) is 4.97. The highest BCUT2D eigenvalue weighted by Crippen LogP contribution is 2.25. The lowest BCUT2D eigenvalue weighted by Crippen LogP contribution is -2.37. The van der Waals surface area contributed by atoms with Gasteiger partial charge in [0, 0.05) is 17.6 Å². The standard InChI is InChI=1S/C17H25BrN2O/c18-16-9-5-4-8-15(16)11-13-20-17(21)19-12-10-14-6-2-1-3-7-14/h4-5,8-9,14H,1-3,6-7,10-13H2,(H2,19,20,21). The molecule has 0 unspecified atom stereocenters. The summed E-state index contributed by atoms with van der Waals surface area (Å²) in [6, 6.07) is 8.08. The Kier molecular flexibility index (Phi) is 7.07. The molecule has 2 rings (SSSR count). The maximum atomic E-state index is 11.7. The van der Waals surface area contributed by atoms with Crippen molar-refractivity contribution in [2.24, 2.45) is 5.92 Å². The van der Waals surface area contributed by atoms with Crippen molar-refractivity contribution >= 4 is 22.0 Å². The summed E-state index contributed by atoms with van der Waals surface area (Å²) < 4.78 is 1.10. The van der Waals surface area contributed by atoms with E-state index in [1.807, 2.05) is 18.2 Å². The van der Waals surface area contributed by atoms with Crippen molar-refractivity contribution in [1.29, 1.82) is 0 Å². The van der Waals surface area contributed by atoms with Crippen LogP contribution in [0.15, 0.2) is 28.7 Å². The van der Waals surface area contributed by atoms with Gasteiger partial charge in [0.05, 0.1) is 0 Å². The molecule has 116 valence electrons. The second kappa shape index (κ2) is 9.08. The number of benzene rings is 1. The number of urea groups is 1. The molecule has 21 heavy (non-hydrogen) atoms. The average Bonchev–Trinajstić information content (AvgIpc) is 2.50. The first-order chi connectivity index (χ1) is 10.3. The van der Waals surface area contributed by atoms with E-state index in [0.717, 1.165) is 29.8 Å². The topological polar surface area (TPSA) is 41.1 Å². The molecule has 2 amide bonds. The van der Waals surface area contributed by atoms with Gasteiger partial charge >= 0.3 is 6.03 Å². The molecule has 0 aromatic heterocycles. The van der Waals surface area contributed by atoms with E-state index in [1.54, 1.807) is 0 Å². The zero-order chi connectivity index (χ0) is 14.9. The SMILES string of the molecule is O=C(NCCc1ccccc1Br)NCCC1CCCCC1. The summed E-state index contributed by atoms with van der Waals surface area (Å²) in [7, 11) is 0. The molecule has 0 aliphatic heterocycles. The highest BCUT2D eigenvalue weighted by molar-refractivity contribution is 9.10. The van der Waals surface area contributed by atoms with Gasteiger partial charge < -0.3 is 10.6 Å². The molecule has 1 aromatic carbocycles. The largest absolute Gasteiger partial charge is 0.338 e. The Morgan fingerprint density at radius 3 is 2.57 bits per heavy atom. The van der Waals surface area contributed by atoms with Crippen molar-refractivity contribution in [1.82, 2.24) is 10.6 Å². The molecule has 4 heteroatoms. The molecular formula is C17H25BrN2O. The van der Waals surface area contributed by atoms with Crippen molar-refractivity contribution in [2.75, 3.05) is 13.1 Å². The smallest absolute Gasteiger partial charge is 0.314 e. The maximum absolute atomic E-state index is 11.7. The molecule has 0 atom stereocenters. The van der Waals surface area contributed by atoms with E-state index in [1.165, 1.54) is 37.7 Å². The van der Waals surface area contributed by atoms with Crippen LogP contribution < -0.4 is 10.6 Å². The Morgan fingerprint density at radius 2 is 1.81 bits per heavy atom. The second-order valence-electron chi connectivity index (χ2n) is 5.82. The summed E-state index contributed by atoms with van der Waals surface area (Å²) in [6.07, 6.45) is 8.76. The van der Waals surface area contributed by atoms with Gasteiger partial charge in [-0.2, -0.15) is 0 Å². The van der Waals surface area contributed by atoms with E-state index in [-0.39, 0.29) is 6.03 Å². The molecule has 1 aliphatic carbocycles. The fourth-order valence-electron chi connectivity index (χ4n) is 2.94. The monoisotopic (exact) mass is 352 g/mol. The van der Waals surface area contributed by atoms with E-state index in [9.17, 15) is 4.79 Å². The molecule has 1 saturated carbocycles. The summed E-state index contributed by atoms with van der Waals surface area (Å²) in [6.45, 7) is 1.46. The number of hydrogen-bond donors (Lipinski definition) is 2. The zero-order valence-electron chi connectivity index (χ0n) is 12.5. The fourth-order valence-corrected chi connectivity index (χ4v) is 3.42. The van der Waals surface area contributed by atoms with Crippen LogP contribution in [-0.2, 0) is 6.42 Å². The third kappa shape index (κ3) is 6.08. The lowest BCUT2D eigenvalue weighted by atomic mass is 9.87. The van der Waals surface area contributed by atoms with Crippen LogP contribution >= 0.6 is 15.9 Å². The van der Waals surface area contributed by atoms with Crippen LogP contribution in [0.3, 0.4) is 0 Å². The van der Waals surface area contributed by atoms with E-state index in [2.05, 4.69) is 32.6 Å². The van der Waals surface area contributed by atoms with Gasteiger partial charge in [0.1, 0.15) is 0 Å². The van der Waals surface area contributed by atoms with Crippen molar-refractivity contribution in [2.45, 2.75) is 44.9 Å². The molecule has 2 N–H and O–H groups in total. The minimum atomic E-state index is -0.0436. The molecule has 0 spiro atoms. The minimum Gasteiger partial charge on any atom is -0.338 e. The predicted molar refractivity (Wildman–Crippen MR) is 90.4 cm³/mol. The van der Waals surface area contributed by atoms with E-state index >= 15 is 0 Å². The second-order valence-corrected chi connectivity index (χ2v) is 6.67. The molecule has 1 fully saturated rings. The van der Waals surface area contributed by atoms with Crippen LogP contribution in [0.4, 0.5) is 4.79 Å². The Labute approximate surface area is 136 Å². The van der Waals surface area contributed by atoms with Gasteiger partial charge in [0.15, 0.2) is 0 Å². The highest BCUT2D eigenvalue weighted by Gasteiger charge is 2.13. The van der Waals surface area contributed by atoms with Gasteiger partial charge in [-0.3, -0.25) is 0 Å². The van der Waals surface area contributed by atoms with Crippen molar-refractivity contribution in [3.05, 3.63) is 34.3 Å². The summed E-state index contributed by atoms with van der Waals surface area (Å²) in [4.78, 5) is 11.7. The van der Waals surface area contributed by atoms with Crippen molar-refractivity contribution < 1.29 is 4.79 Å². The van der Waals surface area contributed by atoms with E-state index in [0.29, 0.717) is 6.54 Å². The summed E-state index contributed by atoms with van der Waals surface area (Å²) in [5.74, 6) is 0.819.